The Morgan fingerprint density at radius 3 is 2.15 bits per heavy atom. The molecule has 3 fully saturated rings. The quantitative estimate of drug-likeness (QED) is 0.660. The molecule has 3 heterocycles. The van der Waals surface area contributed by atoms with Gasteiger partial charge in [0.05, 0.1) is 6.61 Å². The van der Waals surface area contributed by atoms with E-state index in [2.05, 4.69) is 5.32 Å². The van der Waals surface area contributed by atoms with E-state index in [4.69, 9.17) is 23.5 Å². The molecule has 7 nitrogen and oxygen atoms in total. The molecule has 3 aliphatic heterocycles. The van der Waals surface area contributed by atoms with E-state index in [0.29, 0.717) is 11.9 Å². The van der Waals surface area contributed by atoms with Gasteiger partial charge in [0, 0.05) is 11.0 Å². The van der Waals surface area contributed by atoms with Crippen LogP contribution in [0.1, 0.15) is 33.3 Å². The maximum atomic E-state index is 14.8. The van der Waals surface area contributed by atoms with E-state index < -0.39 is 49.1 Å². The van der Waals surface area contributed by atoms with Gasteiger partial charge in [0.1, 0.15) is 30.2 Å². The summed E-state index contributed by atoms with van der Waals surface area (Å²) in [4.78, 5) is 0. The van der Waals surface area contributed by atoms with Crippen molar-refractivity contribution in [3.8, 4) is 0 Å². The van der Waals surface area contributed by atoms with Crippen LogP contribution in [-0.4, -0.2) is 48.4 Å². The summed E-state index contributed by atoms with van der Waals surface area (Å²) in [5, 5.41) is 4.10. The summed E-state index contributed by atoms with van der Waals surface area (Å²) in [7, 11) is -3.48. The van der Waals surface area contributed by atoms with Crippen LogP contribution in [0.3, 0.4) is 0 Å². The molecule has 0 radical (unpaired) electrons. The first kappa shape index (κ1) is 23.0. The second-order valence-corrected chi connectivity index (χ2v) is 12.4. The number of ether oxygens (including phenoxy) is 4. The number of anilines is 1. The van der Waals surface area contributed by atoms with E-state index in [1.165, 1.54) is 0 Å². The van der Waals surface area contributed by atoms with Crippen LogP contribution < -0.4 is 10.6 Å². The molecule has 0 saturated carbocycles. The molecular formula is C25H32NO6P. The summed E-state index contributed by atoms with van der Waals surface area (Å²) in [6.45, 7) is 9.83. The lowest BCUT2D eigenvalue weighted by Gasteiger charge is -2.44. The molecule has 2 aromatic carbocycles. The Kier molecular flexibility index (Phi) is 5.72. The third-order valence-corrected chi connectivity index (χ3v) is 9.05. The van der Waals surface area contributed by atoms with E-state index in [0.717, 1.165) is 11.3 Å². The van der Waals surface area contributed by atoms with Crippen molar-refractivity contribution < 1.29 is 28.0 Å². The van der Waals surface area contributed by atoms with Gasteiger partial charge in [-0.15, -0.1) is 0 Å². The Hall–Kier alpha value is -1.73. The predicted molar refractivity (Wildman–Crippen MR) is 126 cm³/mol. The van der Waals surface area contributed by atoms with Crippen LogP contribution in [0.5, 0.6) is 0 Å². The van der Waals surface area contributed by atoms with Crippen molar-refractivity contribution in [1.82, 2.24) is 0 Å². The fraction of sp³-hybridized carbons (Fsp3) is 0.520. The minimum absolute atomic E-state index is 0.329. The van der Waals surface area contributed by atoms with Crippen LogP contribution in [-0.2, 0) is 28.0 Å². The maximum absolute atomic E-state index is 14.8. The van der Waals surface area contributed by atoms with Gasteiger partial charge in [-0.05, 0) is 58.9 Å². The fourth-order valence-electron chi connectivity index (χ4n) is 4.82. The zero-order valence-corrected chi connectivity index (χ0v) is 20.6. The van der Waals surface area contributed by atoms with Gasteiger partial charge in [0.25, 0.3) is 7.37 Å². The third kappa shape index (κ3) is 4.39. The molecule has 0 bridgehead atoms. The molecule has 6 atom stereocenters. The highest BCUT2D eigenvalue weighted by atomic mass is 31.2. The average Bonchev–Trinajstić information content (AvgIpc) is 3.30. The second kappa shape index (κ2) is 8.19. The van der Waals surface area contributed by atoms with Crippen molar-refractivity contribution in [2.24, 2.45) is 0 Å². The highest BCUT2D eigenvalue weighted by Gasteiger charge is 2.62. The first-order valence-corrected chi connectivity index (χ1v) is 13.1. The standard InChI is InChI=1S/C25H32NO6P/c1-16-11-13-17(14-12-16)26-23-22-21(30-25(4,5)31-22)20(19-15-28-24(2,3)29-19)32-33(23,27)18-9-7-6-8-10-18/h6-14,19-23,26H,15H2,1-5H3/t19?,20-,21+,22+,23-,33-/m1/s1. The summed E-state index contributed by atoms with van der Waals surface area (Å²) in [5.41, 5.74) is 1.99. The van der Waals surface area contributed by atoms with Gasteiger partial charge in [-0.25, -0.2) is 0 Å². The number of aryl methyl sites for hydroxylation is 1. The molecule has 0 amide bonds. The van der Waals surface area contributed by atoms with Crippen molar-refractivity contribution in [3.63, 3.8) is 0 Å². The lowest BCUT2D eigenvalue weighted by molar-refractivity contribution is -0.174. The van der Waals surface area contributed by atoms with Crippen molar-refractivity contribution in [1.29, 1.82) is 0 Å². The number of hydrogen-bond donors (Lipinski definition) is 1. The smallest absolute Gasteiger partial charge is 0.256 e. The molecule has 0 spiro atoms. The zero-order chi connectivity index (χ0) is 23.4. The number of hydrogen-bond acceptors (Lipinski definition) is 7. The normalized spacial score (nSPS) is 36.9. The lowest BCUT2D eigenvalue weighted by Crippen LogP contribution is -2.57. The summed E-state index contributed by atoms with van der Waals surface area (Å²) in [6, 6.07) is 17.3. The van der Waals surface area contributed by atoms with Crippen molar-refractivity contribution >= 4 is 18.4 Å². The second-order valence-electron chi connectivity index (χ2n) is 9.89. The summed E-state index contributed by atoms with van der Waals surface area (Å²) >= 11 is 0. The number of fused-ring (bicyclic) bond motifs is 1. The lowest BCUT2D eigenvalue weighted by atomic mass is 10.0. The molecule has 0 aromatic heterocycles. The molecule has 178 valence electrons. The Morgan fingerprint density at radius 1 is 0.848 bits per heavy atom. The number of benzene rings is 2. The Balaban J connectivity index is 1.57. The van der Waals surface area contributed by atoms with Gasteiger partial charge < -0.3 is 28.8 Å². The van der Waals surface area contributed by atoms with Crippen molar-refractivity contribution in [3.05, 3.63) is 60.2 Å². The van der Waals surface area contributed by atoms with E-state index in [1.54, 1.807) is 0 Å². The number of rotatable bonds is 4. The van der Waals surface area contributed by atoms with E-state index in [9.17, 15) is 4.57 Å². The minimum Gasteiger partial charge on any atom is -0.371 e. The highest BCUT2D eigenvalue weighted by molar-refractivity contribution is 7.68. The summed E-state index contributed by atoms with van der Waals surface area (Å²) < 4.78 is 46.0. The molecule has 3 aliphatic rings. The predicted octanol–water partition coefficient (Wildman–Crippen LogP) is 4.41. The van der Waals surface area contributed by atoms with Crippen molar-refractivity contribution in [2.45, 2.75) is 76.4 Å². The zero-order valence-electron chi connectivity index (χ0n) is 19.7. The van der Waals surface area contributed by atoms with Crippen LogP contribution in [0.2, 0.25) is 0 Å². The molecule has 0 aliphatic carbocycles. The first-order chi connectivity index (χ1) is 15.6. The fourth-order valence-corrected chi connectivity index (χ4v) is 7.53. The first-order valence-electron chi connectivity index (χ1n) is 11.4. The van der Waals surface area contributed by atoms with Crippen LogP contribution in [0.4, 0.5) is 5.69 Å². The third-order valence-electron chi connectivity index (χ3n) is 6.32. The van der Waals surface area contributed by atoms with E-state index in [-0.39, 0.29) is 0 Å². The topological polar surface area (TPSA) is 75.2 Å². The maximum Gasteiger partial charge on any atom is 0.256 e. The molecule has 5 rings (SSSR count). The number of nitrogens with one attached hydrogen (secondary N) is 1. The van der Waals surface area contributed by atoms with Gasteiger partial charge in [-0.3, -0.25) is 4.57 Å². The van der Waals surface area contributed by atoms with Gasteiger partial charge >= 0.3 is 0 Å². The summed E-state index contributed by atoms with van der Waals surface area (Å²) in [6.07, 6.45) is -2.03. The van der Waals surface area contributed by atoms with Gasteiger partial charge in [-0.1, -0.05) is 35.9 Å². The SMILES string of the molecule is Cc1ccc(N[C@H]2[C@H]3OC(C)(C)O[C@H]3[C@@H](C3COC(C)(C)O3)O[P@]2(=O)c2ccccc2)cc1. The van der Waals surface area contributed by atoms with Gasteiger partial charge in [0.2, 0.25) is 0 Å². The molecule has 2 aromatic rings. The summed E-state index contributed by atoms with van der Waals surface area (Å²) in [5.74, 6) is -2.24. The van der Waals surface area contributed by atoms with Crippen LogP contribution in [0.15, 0.2) is 54.6 Å². The Morgan fingerprint density at radius 2 is 1.52 bits per heavy atom. The van der Waals surface area contributed by atoms with Crippen LogP contribution in [0, 0.1) is 6.92 Å². The van der Waals surface area contributed by atoms with Crippen LogP contribution in [0.25, 0.3) is 0 Å². The van der Waals surface area contributed by atoms with Gasteiger partial charge in [0.15, 0.2) is 11.6 Å². The van der Waals surface area contributed by atoms with Crippen molar-refractivity contribution in [2.75, 3.05) is 11.9 Å². The van der Waals surface area contributed by atoms with E-state index >= 15 is 0 Å². The Bertz CT molecular complexity index is 1040. The van der Waals surface area contributed by atoms with Gasteiger partial charge in [-0.2, -0.15) is 0 Å². The largest absolute Gasteiger partial charge is 0.371 e. The molecule has 33 heavy (non-hydrogen) atoms. The molecule has 8 heteroatoms. The van der Waals surface area contributed by atoms with Crippen LogP contribution >= 0.6 is 7.37 Å². The van der Waals surface area contributed by atoms with E-state index in [1.807, 2.05) is 89.2 Å². The molecule has 3 saturated heterocycles. The Labute approximate surface area is 195 Å². The molecule has 1 unspecified atom stereocenters. The molecular weight excluding hydrogens is 441 g/mol. The highest BCUT2D eigenvalue weighted by Crippen LogP contribution is 2.61. The minimum atomic E-state index is -3.48. The molecule has 1 N–H and O–H groups in total. The monoisotopic (exact) mass is 473 g/mol. The average molecular weight is 474 g/mol.